The van der Waals surface area contributed by atoms with Gasteiger partial charge < -0.3 is 16.4 Å². The van der Waals surface area contributed by atoms with Crippen molar-refractivity contribution < 1.29 is 4.79 Å². The molecule has 1 aliphatic heterocycles. The minimum Gasteiger partial charge on any atom is -0.376 e. The second kappa shape index (κ2) is 3.86. The van der Waals surface area contributed by atoms with Crippen molar-refractivity contribution in [1.82, 2.24) is 5.32 Å². The van der Waals surface area contributed by atoms with Gasteiger partial charge in [0.15, 0.2) is 5.11 Å². The lowest BCUT2D eigenvalue weighted by Gasteiger charge is -2.20. The molecule has 0 spiro atoms. The monoisotopic (exact) mass is 221 g/mol. The maximum absolute atomic E-state index is 11.3. The van der Waals surface area contributed by atoms with Crippen LogP contribution >= 0.6 is 12.2 Å². The Morgan fingerprint density at radius 3 is 3.07 bits per heavy atom. The van der Waals surface area contributed by atoms with E-state index >= 15 is 0 Å². The molecule has 1 aliphatic rings. The van der Waals surface area contributed by atoms with Crippen LogP contribution in [0.4, 0.5) is 5.69 Å². The first kappa shape index (κ1) is 9.92. The molecule has 4 nitrogen and oxygen atoms in total. The van der Waals surface area contributed by atoms with E-state index in [1.54, 1.807) is 0 Å². The molecule has 1 aromatic carbocycles. The van der Waals surface area contributed by atoms with Crippen LogP contribution in [0.1, 0.15) is 11.1 Å². The summed E-state index contributed by atoms with van der Waals surface area (Å²) in [6.45, 7) is 0.570. The standard InChI is InChI=1S/C10H11N3OS/c11-10(15)13-8-3-1-2-6-5-12-9(14)4-7(6)8/h1-3H,4-5H2,(H,12,14)(H3,11,13,15). The van der Waals surface area contributed by atoms with E-state index in [0.717, 1.165) is 16.8 Å². The van der Waals surface area contributed by atoms with E-state index in [0.29, 0.717) is 13.0 Å². The Morgan fingerprint density at radius 1 is 1.53 bits per heavy atom. The summed E-state index contributed by atoms with van der Waals surface area (Å²) in [6.07, 6.45) is 0.376. The van der Waals surface area contributed by atoms with Crippen LogP contribution in [0.2, 0.25) is 0 Å². The average Bonchev–Trinajstić information content (AvgIpc) is 2.18. The first-order valence-electron chi connectivity index (χ1n) is 4.61. The summed E-state index contributed by atoms with van der Waals surface area (Å²) in [7, 11) is 0. The zero-order chi connectivity index (χ0) is 10.8. The van der Waals surface area contributed by atoms with E-state index in [-0.39, 0.29) is 11.0 Å². The number of nitrogens with two attached hydrogens (primary N) is 1. The van der Waals surface area contributed by atoms with Gasteiger partial charge in [-0.3, -0.25) is 4.79 Å². The number of fused-ring (bicyclic) bond motifs is 1. The first-order valence-corrected chi connectivity index (χ1v) is 5.01. The van der Waals surface area contributed by atoms with Crippen LogP contribution in [0.3, 0.4) is 0 Å². The maximum atomic E-state index is 11.3. The Kier molecular flexibility index (Phi) is 2.55. The largest absolute Gasteiger partial charge is 0.376 e. The Morgan fingerprint density at radius 2 is 2.33 bits per heavy atom. The molecule has 0 aliphatic carbocycles. The van der Waals surface area contributed by atoms with Gasteiger partial charge in [-0.05, 0) is 29.4 Å². The Balaban J connectivity index is 2.39. The van der Waals surface area contributed by atoms with Crippen molar-refractivity contribution in [3.8, 4) is 0 Å². The maximum Gasteiger partial charge on any atom is 0.224 e. The van der Waals surface area contributed by atoms with Crippen molar-refractivity contribution in [3.63, 3.8) is 0 Å². The van der Waals surface area contributed by atoms with E-state index in [1.807, 2.05) is 18.2 Å². The van der Waals surface area contributed by atoms with Gasteiger partial charge in [-0.15, -0.1) is 0 Å². The molecular weight excluding hydrogens is 210 g/mol. The molecule has 1 aromatic rings. The average molecular weight is 221 g/mol. The normalized spacial score (nSPS) is 14.0. The predicted molar refractivity (Wildman–Crippen MR) is 62.4 cm³/mol. The number of rotatable bonds is 1. The molecule has 1 heterocycles. The molecule has 4 N–H and O–H groups in total. The van der Waals surface area contributed by atoms with E-state index < -0.39 is 0 Å². The third kappa shape index (κ3) is 2.07. The lowest BCUT2D eigenvalue weighted by atomic mass is 9.99. The molecule has 0 saturated carbocycles. The van der Waals surface area contributed by atoms with Gasteiger partial charge in [-0.2, -0.15) is 0 Å². The Labute approximate surface area is 92.8 Å². The van der Waals surface area contributed by atoms with Gasteiger partial charge in [0.05, 0.1) is 6.42 Å². The smallest absolute Gasteiger partial charge is 0.224 e. The lowest BCUT2D eigenvalue weighted by molar-refractivity contribution is -0.121. The number of hydrogen-bond donors (Lipinski definition) is 3. The summed E-state index contributed by atoms with van der Waals surface area (Å²) in [6, 6.07) is 5.77. The summed E-state index contributed by atoms with van der Waals surface area (Å²) >= 11 is 4.78. The van der Waals surface area contributed by atoms with Crippen molar-refractivity contribution in [2.45, 2.75) is 13.0 Å². The van der Waals surface area contributed by atoms with Crippen molar-refractivity contribution in [1.29, 1.82) is 0 Å². The highest BCUT2D eigenvalue weighted by molar-refractivity contribution is 7.80. The van der Waals surface area contributed by atoms with E-state index in [2.05, 4.69) is 10.6 Å². The molecule has 0 atom stereocenters. The minimum atomic E-state index is 0.0275. The summed E-state index contributed by atoms with van der Waals surface area (Å²) in [4.78, 5) is 11.3. The molecule has 0 bridgehead atoms. The van der Waals surface area contributed by atoms with Gasteiger partial charge in [-0.25, -0.2) is 0 Å². The highest BCUT2D eigenvalue weighted by atomic mass is 32.1. The topological polar surface area (TPSA) is 67.1 Å². The van der Waals surface area contributed by atoms with Gasteiger partial charge in [0.2, 0.25) is 5.91 Å². The second-order valence-electron chi connectivity index (χ2n) is 3.39. The van der Waals surface area contributed by atoms with Gasteiger partial charge in [0, 0.05) is 12.2 Å². The number of carbonyl (C=O) groups is 1. The van der Waals surface area contributed by atoms with Crippen molar-refractivity contribution in [2.75, 3.05) is 5.32 Å². The van der Waals surface area contributed by atoms with E-state index in [4.69, 9.17) is 18.0 Å². The molecule has 2 rings (SSSR count). The highest BCUT2D eigenvalue weighted by Gasteiger charge is 2.17. The molecule has 5 heteroatoms. The molecule has 0 fully saturated rings. The fourth-order valence-electron chi connectivity index (χ4n) is 1.68. The Bertz CT molecular complexity index is 431. The van der Waals surface area contributed by atoms with Gasteiger partial charge in [0.25, 0.3) is 0 Å². The molecule has 78 valence electrons. The number of thiocarbonyl (C=S) groups is 1. The second-order valence-corrected chi connectivity index (χ2v) is 3.83. The number of amides is 1. The molecule has 1 amide bonds. The van der Waals surface area contributed by atoms with Crippen LogP contribution in [0.5, 0.6) is 0 Å². The number of nitrogens with one attached hydrogen (secondary N) is 2. The van der Waals surface area contributed by atoms with Crippen LogP contribution in [-0.4, -0.2) is 11.0 Å². The summed E-state index contributed by atoms with van der Waals surface area (Å²) in [5, 5.41) is 5.89. The van der Waals surface area contributed by atoms with Gasteiger partial charge in [0.1, 0.15) is 0 Å². The summed E-state index contributed by atoms with van der Waals surface area (Å²) in [5.41, 5.74) is 8.33. The summed E-state index contributed by atoms with van der Waals surface area (Å²) < 4.78 is 0. The summed E-state index contributed by atoms with van der Waals surface area (Å²) in [5.74, 6) is 0.0275. The number of hydrogen-bond acceptors (Lipinski definition) is 2. The molecule has 15 heavy (non-hydrogen) atoms. The van der Waals surface area contributed by atoms with Crippen molar-refractivity contribution in [2.24, 2.45) is 5.73 Å². The van der Waals surface area contributed by atoms with Gasteiger partial charge in [-0.1, -0.05) is 12.1 Å². The molecule has 0 saturated heterocycles. The fraction of sp³-hybridized carbons (Fsp3) is 0.200. The zero-order valence-corrected chi connectivity index (χ0v) is 8.86. The molecule has 0 unspecified atom stereocenters. The molecular formula is C10H11N3OS. The molecule has 0 aromatic heterocycles. The number of benzene rings is 1. The first-order chi connectivity index (χ1) is 7.16. The van der Waals surface area contributed by atoms with Crippen molar-refractivity contribution >= 4 is 28.9 Å². The van der Waals surface area contributed by atoms with Gasteiger partial charge >= 0.3 is 0 Å². The third-order valence-corrected chi connectivity index (χ3v) is 2.45. The van der Waals surface area contributed by atoms with E-state index in [1.165, 1.54) is 0 Å². The van der Waals surface area contributed by atoms with Crippen LogP contribution in [0.15, 0.2) is 18.2 Å². The zero-order valence-electron chi connectivity index (χ0n) is 8.04. The number of carbonyl (C=O) groups excluding carboxylic acids is 1. The van der Waals surface area contributed by atoms with E-state index in [9.17, 15) is 4.79 Å². The van der Waals surface area contributed by atoms with Crippen LogP contribution in [0.25, 0.3) is 0 Å². The number of anilines is 1. The SMILES string of the molecule is NC(=S)Nc1cccc2c1CC(=O)NC2. The van der Waals surface area contributed by atoms with Crippen LogP contribution in [0, 0.1) is 0 Å². The Hall–Kier alpha value is -1.62. The minimum absolute atomic E-state index is 0.0275. The third-order valence-electron chi connectivity index (χ3n) is 2.34. The van der Waals surface area contributed by atoms with Crippen molar-refractivity contribution in [3.05, 3.63) is 29.3 Å². The fourth-order valence-corrected chi connectivity index (χ4v) is 1.79. The van der Waals surface area contributed by atoms with Crippen LogP contribution < -0.4 is 16.4 Å². The quantitative estimate of drug-likeness (QED) is 0.605. The lowest BCUT2D eigenvalue weighted by Crippen LogP contribution is -2.31. The van der Waals surface area contributed by atoms with Crippen LogP contribution in [-0.2, 0) is 17.8 Å². The predicted octanol–water partition coefficient (Wildman–Crippen LogP) is 0.514. The molecule has 0 radical (unpaired) electrons. The highest BCUT2D eigenvalue weighted by Crippen LogP contribution is 2.23.